The summed E-state index contributed by atoms with van der Waals surface area (Å²) in [5.74, 6) is -32.2. The SMILES string of the molecule is Cl/C=C/Cl.FC(F)(F)C(F)(F)C(F)(F)C(F)(F)OC(F)(F)C(F)(F)C(F)(F)C(F)(F)F. The molecule has 0 heterocycles. The Balaban J connectivity index is 0. The molecule has 21 heteroatoms. The fourth-order valence-electron chi connectivity index (χ4n) is 1.01. The maximum absolute atomic E-state index is 12.6. The van der Waals surface area contributed by atoms with E-state index < -0.39 is 48.3 Å². The van der Waals surface area contributed by atoms with Crippen molar-refractivity contribution in [2.75, 3.05) is 0 Å². The highest BCUT2D eigenvalue weighted by atomic mass is 35.5. The first kappa shape index (κ1) is 32.2. The van der Waals surface area contributed by atoms with Gasteiger partial charge >= 0.3 is 48.3 Å². The van der Waals surface area contributed by atoms with Crippen LogP contribution >= 0.6 is 23.2 Å². The maximum Gasteiger partial charge on any atom is 0.460 e. The molecule has 0 fully saturated rings. The molecule has 0 aliphatic rings. The smallest absolute Gasteiger partial charge is 0.245 e. The van der Waals surface area contributed by atoms with E-state index in [2.05, 4.69) is 0 Å². The molecular weight excluding hydrogens is 549 g/mol. The number of rotatable bonds is 6. The minimum atomic E-state index is -8.15. The van der Waals surface area contributed by atoms with E-state index in [1.807, 2.05) is 0 Å². The minimum absolute atomic E-state index is 0.991. The van der Waals surface area contributed by atoms with E-state index >= 15 is 0 Å². The van der Waals surface area contributed by atoms with Gasteiger partial charge in [0, 0.05) is 11.1 Å². The zero-order valence-electron chi connectivity index (χ0n) is 13.1. The van der Waals surface area contributed by atoms with E-state index in [1.165, 1.54) is 11.1 Å². The van der Waals surface area contributed by atoms with E-state index in [0.29, 0.717) is 0 Å². The van der Waals surface area contributed by atoms with E-state index in [1.54, 1.807) is 0 Å². The Morgan fingerprint density at radius 1 is 0.387 bits per heavy atom. The van der Waals surface area contributed by atoms with Crippen LogP contribution in [0.2, 0.25) is 0 Å². The average Bonchev–Trinajstić information content (AvgIpc) is 2.51. The molecule has 1 nitrogen and oxygen atoms in total. The quantitative estimate of drug-likeness (QED) is 0.307. The van der Waals surface area contributed by atoms with Crippen LogP contribution in [0, 0.1) is 0 Å². The molecule has 188 valence electrons. The van der Waals surface area contributed by atoms with E-state index in [4.69, 9.17) is 23.2 Å². The molecule has 0 saturated heterocycles. The number of hydrogen-bond donors (Lipinski definition) is 0. The van der Waals surface area contributed by atoms with Crippen LogP contribution in [0.3, 0.4) is 0 Å². The highest BCUT2D eigenvalue weighted by Gasteiger charge is 2.88. The van der Waals surface area contributed by atoms with Gasteiger partial charge in [0.25, 0.3) is 0 Å². The summed E-state index contributed by atoms with van der Waals surface area (Å²) < 4.78 is 221. The van der Waals surface area contributed by atoms with Crippen LogP contribution in [0.4, 0.5) is 79.0 Å². The predicted molar refractivity (Wildman–Crippen MR) is 63.7 cm³/mol. The lowest BCUT2D eigenvalue weighted by Crippen LogP contribution is -2.67. The van der Waals surface area contributed by atoms with Crippen molar-refractivity contribution in [3.05, 3.63) is 11.1 Å². The van der Waals surface area contributed by atoms with Gasteiger partial charge in [-0.25, -0.2) is 4.74 Å². The molecule has 0 aliphatic carbocycles. The van der Waals surface area contributed by atoms with Gasteiger partial charge in [0.2, 0.25) is 0 Å². The molecular formula is C10H2Cl2F18O. The number of halogens is 20. The monoisotopic (exact) mass is 550 g/mol. The summed E-state index contributed by atoms with van der Waals surface area (Å²) in [6.45, 7) is 0. The van der Waals surface area contributed by atoms with Gasteiger partial charge in [0.05, 0.1) is 0 Å². The molecule has 0 N–H and O–H groups in total. The van der Waals surface area contributed by atoms with Crippen molar-refractivity contribution in [2.45, 2.75) is 48.3 Å². The Morgan fingerprint density at radius 3 is 0.710 bits per heavy atom. The lowest BCUT2D eigenvalue weighted by Gasteiger charge is -2.38. The fourth-order valence-corrected chi connectivity index (χ4v) is 1.01. The second kappa shape index (κ2) is 9.11. The number of hydrogen-bond acceptors (Lipinski definition) is 1. The standard InChI is InChI=1S/C8F18O.C2H2Cl2/c9-1(10,5(17,18)19)3(13,14)7(23,24)27-8(25,26)4(15,16)2(11,12)6(20,21)22;3-1-2-4/h;1-2H/b;2-1+. The molecule has 0 atom stereocenters. The highest BCUT2D eigenvalue weighted by Crippen LogP contribution is 2.58. The molecule has 0 aromatic carbocycles. The predicted octanol–water partition coefficient (Wildman–Crippen LogP) is 7.79. The van der Waals surface area contributed by atoms with E-state index in [0.717, 1.165) is 4.74 Å². The van der Waals surface area contributed by atoms with Gasteiger partial charge in [0.15, 0.2) is 0 Å². The molecule has 0 radical (unpaired) electrons. The van der Waals surface area contributed by atoms with Gasteiger partial charge in [-0.15, -0.1) is 0 Å². The molecule has 0 rings (SSSR count). The summed E-state index contributed by atoms with van der Waals surface area (Å²) >= 11 is 9.75. The van der Waals surface area contributed by atoms with Crippen LogP contribution in [0.5, 0.6) is 0 Å². The van der Waals surface area contributed by atoms with Crippen molar-refractivity contribution in [3.63, 3.8) is 0 Å². The lowest BCUT2D eigenvalue weighted by atomic mass is 10.1. The second-order valence-corrected chi connectivity index (χ2v) is 5.18. The van der Waals surface area contributed by atoms with Crippen molar-refractivity contribution in [1.29, 1.82) is 0 Å². The molecule has 0 amide bonds. The summed E-state index contributed by atoms with van der Waals surface area (Å²) in [5, 5.41) is 0. The van der Waals surface area contributed by atoms with Crippen LogP contribution in [-0.4, -0.2) is 48.3 Å². The fraction of sp³-hybridized carbons (Fsp3) is 0.800. The lowest BCUT2D eigenvalue weighted by molar-refractivity contribution is -0.522. The molecule has 0 unspecified atom stereocenters. The third-order valence-corrected chi connectivity index (χ3v) is 2.92. The van der Waals surface area contributed by atoms with Crippen LogP contribution in [0.15, 0.2) is 11.1 Å². The van der Waals surface area contributed by atoms with Crippen LogP contribution in [-0.2, 0) is 4.74 Å². The Kier molecular flexibility index (Phi) is 9.46. The Morgan fingerprint density at radius 2 is 0.581 bits per heavy atom. The second-order valence-electron chi connectivity index (χ2n) is 4.68. The minimum Gasteiger partial charge on any atom is -0.245 e. The Bertz CT molecular complexity index is 566. The molecule has 0 saturated carbocycles. The van der Waals surface area contributed by atoms with Gasteiger partial charge in [-0.05, 0) is 0 Å². The third-order valence-electron chi connectivity index (χ3n) is 2.54. The van der Waals surface area contributed by atoms with Crippen LogP contribution in [0.1, 0.15) is 0 Å². The zero-order chi connectivity index (χ0) is 26.1. The Labute approximate surface area is 167 Å². The Hall–Kier alpha value is -0.980. The van der Waals surface area contributed by atoms with Crippen LogP contribution < -0.4 is 0 Å². The first-order valence-corrected chi connectivity index (χ1v) is 6.95. The molecule has 31 heavy (non-hydrogen) atoms. The summed E-state index contributed by atoms with van der Waals surface area (Å²) in [6, 6.07) is 0. The van der Waals surface area contributed by atoms with Crippen molar-refractivity contribution in [2.24, 2.45) is 0 Å². The molecule has 0 aromatic rings. The molecule has 0 aliphatic heterocycles. The molecule has 0 spiro atoms. The maximum atomic E-state index is 12.6. The number of ether oxygens (including phenoxy) is 1. The average molecular weight is 551 g/mol. The normalized spacial score (nSPS) is 15.7. The molecule has 0 aromatic heterocycles. The highest BCUT2D eigenvalue weighted by molar-refractivity contribution is 6.33. The van der Waals surface area contributed by atoms with E-state index in [-0.39, 0.29) is 0 Å². The third kappa shape index (κ3) is 5.88. The van der Waals surface area contributed by atoms with Gasteiger partial charge in [-0.3, -0.25) is 0 Å². The number of alkyl halides is 18. The van der Waals surface area contributed by atoms with E-state index in [9.17, 15) is 79.0 Å². The van der Waals surface area contributed by atoms with Crippen molar-refractivity contribution < 1.29 is 83.8 Å². The van der Waals surface area contributed by atoms with Crippen molar-refractivity contribution in [1.82, 2.24) is 0 Å². The van der Waals surface area contributed by atoms with Crippen molar-refractivity contribution >= 4 is 23.2 Å². The van der Waals surface area contributed by atoms with Crippen LogP contribution in [0.25, 0.3) is 0 Å². The van der Waals surface area contributed by atoms with Gasteiger partial charge in [-0.2, -0.15) is 79.0 Å². The molecule has 0 bridgehead atoms. The van der Waals surface area contributed by atoms with Gasteiger partial charge < -0.3 is 0 Å². The topological polar surface area (TPSA) is 9.23 Å². The summed E-state index contributed by atoms with van der Waals surface area (Å²) in [4.78, 5) is 0. The first-order valence-electron chi connectivity index (χ1n) is 6.08. The zero-order valence-corrected chi connectivity index (χ0v) is 14.6. The van der Waals surface area contributed by atoms with Gasteiger partial charge in [0.1, 0.15) is 0 Å². The summed E-state index contributed by atoms with van der Waals surface area (Å²) in [7, 11) is 0. The van der Waals surface area contributed by atoms with Crippen molar-refractivity contribution in [3.8, 4) is 0 Å². The summed E-state index contributed by atoms with van der Waals surface area (Å²) in [6.07, 6.45) is -31.3. The summed E-state index contributed by atoms with van der Waals surface area (Å²) in [5.41, 5.74) is 2.48. The first-order chi connectivity index (χ1) is 13.1. The van der Waals surface area contributed by atoms with Gasteiger partial charge in [-0.1, -0.05) is 23.2 Å². The largest absolute Gasteiger partial charge is 0.460 e.